The van der Waals surface area contributed by atoms with Crippen LogP contribution in [0.25, 0.3) is 0 Å². The first-order chi connectivity index (χ1) is 16.0. The van der Waals surface area contributed by atoms with Crippen molar-refractivity contribution in [3.8, 4) is 5.75 Å². The molecule has 0 aromatic heterocycles. The van der Waals surface area contributed by atoms with E-state index in [0.717, 1.165) is 42.5 Å². The number of ketones is 1. The summed E-state index contributed by atoms with van der Waals surface area (Å²) >= 11 is 0. The fourth-order valence-electron chi connectivity index (χ4n) is 5.61. The zero-order chi connectivity index (χ0) is 22.9. The van der Waals surface area contributed by atoms with E-state index in [1.54, 1.807) is 24.3 Å². The number of phenolic OH excluding ortho intramolecular Hbond substituents is 1. The summed E-state index contributed by atoms with van der Waals surface area (Å²) in [6.07, 6.45) is 4.95. The molecule has 2 aliphatic carbocycles. The van der Waals surface area contributed by atoms with Gasteiger partial charge in [-0.2, -0.15) is 0 Å². The summed E-state index contributed by atoms with van der Waals surface area (Å²) in [7, 11) is 0. The number of carbonyl (C=O) groups excluding carboxylic acids is 2. The van der Waals surface area contributed by atoms with Crippen LogP contribution in [0.2, 0.25) is 0 Å². The molecule has 1 heterocycles. The summed E-state index contributed by atoms with van der Waals surface area (Å²) in [5, 5.41) is 9.82. The molecule has 1 aliphatic heterocycles. The number of allylic oxidation sites excluding steroid dienone is 2. The van der Waals surface area contributed by atoms with E-state index in [1.165, 1.54) is 0 Å². The minimum Gasteiger partial charge on any atom is -0.508 e. The Hall–Kier alpha value is -3.21. The average molecular weight is 444 g/mol. The highest BCUT2D eigenvalue weighted by Crippen LogP contribution is 2.47. The van der Waals surface area contributed by atoms with Gasteiger partial charge in [0.25, 0.3) is 0 Å². The molecule has 2 aromatic carbocycles. The number of benzene rings is 2. The second kappa shape index (κ2) is 8.97. The first kappa shape index (κ1) is 21.6. The summed E-state index contributed by atoms with van der Waals surface area (Å²) in [4.78, 5) is 31.8. The van der Waals surface area contributed by atoms with E-state index in [-0.39, 0.29) is 29.5 Å². The van der Waals surface area contributed by atoms with Crippen molar-refractivity contribution in [2.75, 3.05) is 0 Å². The van der Waals surface area contributed by atoms with Crippen LogP contribution in [0.15, 0.2) is 70.9 Å². The van der Waals surface area contributed by atoms with Crippen molar-refractivity contribution in [3.63, 3.8) is 0 Å². The second-order valence-electron chi connectivity index (χ2n) is 9.44. The predicted molar refractivity (Wildman–Crippen MR) is 126 cm³/mol. The fraction of sp³-hybridized carbons (Fsp3) is 0.393. The molecule has 5 nitrogen and oxygen atoms in total. The van der Waals surface area contributed by atoms with E-state index >= 15 is 0 Å². The highest BCUT2D eigenvalue weighted by molar-refractivity contribution is 6.09. The number of aliphatic imine (C=N–C) groups is 1. The van der Waals surface area contributed by atoms with E-state index in [4.69, 9.17) is 9.73 Å². The standard InChI is InChI=1S/C28H29NO4/c1-17-25(28(32)33-22-9-5-6-10-22)26(19-11-13-21(30)14-12-19)27-23(29-17)15-20(16-24(27)31)18-7-3-2-4-8-18/h2-4,7-8,11-14,20,22,25-26,30H,5-6,9-10,15-16H2,1H3/t20-,25?,26+/m1/s1. The first-order valence-corrected chi connectivity index (χ1v) is 11.9. The lowest BCUT2D eigenvalue weighted by Gasteiger charge is -2.37. The van der Waals surface area contributed by atoms with Crippen LogP contribution in [-0.4, -0.2) is 28.7 Å². The highest BCUT2D eigenvalue weighted by atomic mass is 16.5. The Bertz CT molecular complexity index is 1110. The Kier molecular flexibility index (Phi) is 5.88. The van der Waals surface area contributed by atoms with Gasteiger partial charge in [0.1, 0.15) is 17.8 Å². The molecule has 3 atom stereocenters. The van der Waals surface area contributed by atoms with Gasteiger partial charge in [-0.15, -0.1) is 0 Å². The van der Waals surface area contributed by atoms with Gasteiger partial charge in [0, 0.05) is 29.3 Å². The number of phenols is 1. The van der Waals surface area contributed by atoms with Crippen LogP contribution in [0.3, 0.4) is 0 Å². The van der Waals surface area contributed by atoms with Crippen LogP contribution in [0.4, 0.5) is 0 Å². The maximum absolute atomic E-state index is 13.6. The van der Waals surface area contributed by atoms with Crippen LogP contribution in [-0.2, 0) is 14.3 Å². The number of hydrogen-bond donors (Lipinski definition) is 1. The lowest BCUT2D eigenvalue weighted by Crippen LogP contribution is -2.39. The zero-order valence-electron chi connectivity index (χ0n) is 18.9. The quantitative estimate of drug-likeness (QED) is 0.637. The largest absolute Gasteiger partial charge is 0.508 e. The predicted octanol–water partition coefficient (Wildman–Crippen LogP) is 5.45. The Labute approximate surface area is 194 Å². The van der Waals surface area contributed by atoms with E-state index < -0.39 is 11.8 Å². The van der Waals surface area contributed by atoms with Crippen molar-refractivity contribution in [3.05, 3.63) is 77.0 Å². The molecule has 5 rings (SSSR count). The van der Waals surface area contributed by atoms with Gasteiger partial charge in [0.05, 0.1) is 0 Å². The summed E-state index contributed by atoms with van der Waals surface area (Å²) < 4.78 is 5.90. The minimum absolute atomic E-state index is 0.0399. The molecular weight excluding hydrogens is 414 g/mol. The second-order valence-corrected chi connectivity index (χ2v) is 9.44. The topological polar surface area (TPSA) is 76.0 Å². The molecule has 2 aromatic rings. The summed E-state index contributed by atoms with van der Waals surface area (Å²) in [6, 6.07) is 16.9. The Balaban J connectivity index is 1.54. The maximum Gasteiger partial charge on any atom is 0.315 e. The molecule has 0 radical (unpaired) electrons. The molecule has 1 unspecified atom stereocenters. The van der Waals surface area contributed by atoms with Crippen molar-refractivity contribution in [2.24, 2.45) is 10.9 Å². The van der Waals surface area contributed by atoms with Gasteiger partial charge in [0.15, 0.2) is 5.78 Å². The molecule has 0 amide bonds. The molecular formula is C28H29NO4. The van der Waals surface area contributed by atoms with Crippen molar-refractivity contribution >= 4 is 17.5 Å². The molecule has 33 heavy (non-hydrogen) atoms. The lowest BCUT2D eigenvalue weighted by atomic mass is 9.69. The highest BCUT2D eigenvalue weighted by Gasteiger charge is 2.45. The summed E-state index contributed by atoms with van der Waals surface area (Å²) in [5.74, 6) is -1.11. The zero-order valence-corrected chi connectivity index (χ0v) is 18.9. The Morgan fingerprint density at radius 2 is 1.67 bits per heavy atom. The van der Waals surface area contributed by atoms with Gasteiger partial charge in [-0.1, -0.05) is 42.5 Å². The fourth-order valence-corrected chi connectivity index (χ4v) is 5.61. The van der Waals surface area contributed by atoms with E-state index in [2.05, 4.69) is 12.1 Å². The molecule has 1 N–H and O–H groups in total. The normalized spacial score (nSPS) is 25.5. The van der Waals surface area contributed by atoms with Crippen LogP contribution < -0.4 is 0 Å². The van der Waals surface area contributed by atoms with E-state index in [1.807, 2.05) is 25.1 Å². The molecule has 0 bridgehead atoms. The molecule has 0 saturated heterocycles. The van der Waals surface area contributed by atoms with Crippen molar-refractivity contribution in [1.29, 1.82) is 0 Å². The van der Waals surface area contributed by atoms with Crippen molar-refractivity contribution in [2.45, 2.75) is 63.4 Å². The van der Waals surface area contributed by atoms with Gasteiger partial charge in [-0.3, -0.25) is 14.6 Å². The third-order valence-electron chi connectivity index (χ3n) is 7.25. The molecule has 0 spiro atoms. The first-order valence-electron chi connectivity index (χ1n) is 11.9. The number of Topliss-reactive ketones (excluding diaryl/α,β-unsaturated/α-hetero) is 1. The molecule has 1 saturated carbocycles. The molecule has 170 valence electrons. The van der Waals surface area contributed by atoms with Gasteiger partial charge in [-0.05, 0) is 68.2 Å². The Morgan fingerprint density at radius 1 is 0.970 bits per heavy atom. The number of rotatable bonds is 4. The van der Waals surface area contributed by atoms with Crippen molar-refractivity contribution in [1.82, 2.24) is 0 Å². The van der Waals surface area contributed by atoms with Gasteiger partial charge < -0.3 is 9.84 Å². The molecule has 3 aliphatic rings. The van der Waals surface area contributed by atoms with E-state index in [9.17, 15) is 14.7 Å². The molecule has 5 heteroatoms. The lowest BCUT2D eigenvalue weighted by molar-refractivity contribution is -0.151. The maximum atomic E-state index is 13.6. The van der Waals surface area contributed by atoms with Crippen molar-refractivity contribution < 1.29 is 19.4 Å². The monoisotopic (exact) mass is 443 g/mol. The third-order valence-corrected chi connectivity index (χ3v) is 7.25. The van der Waals surface area contributed by atoms with Crippen LogP contribution in [0.5, 0.6) is 5.75 Å². The van der Waals surface area contributed by atoms with Gasteiger partial charge >= 0.3 is 5.97 Å². The third kappa shape index (κ3) is 4.24. The number of nitrogens with zero attached hydrogens (tertiary/aromatic N) is 1. The summed E-state index contributed by atoms with van der Waals surface area (Å²) in [6.45, 7) is 1.87. The van der Waals surface area contributed by atoms with Gasteiger partial charge in [-0.25, -0.2) is 0 Å². The number of ether oxygens (including phenoxy) is 1. The number of aromatic hydroxyl groups is 1. The number of hydrogen-bond acceptors (Lipinski definition) is 5. The smallest absolute Gasteiger partial charge is 0.315 e. The van der Waals surface area contributed by atoms with E-state index in [0.29, 0.717) is 24.1 Å². The average Bonchev–Trinajstić information content (AvgIpc) is 3.32. The summed E-state index contributed by atoms with van der Waals surface area (Å²) in [5.41, 5.74) is 4.06. The van der Waals surface area contributed by atoms with Crippen LogP contribution >= 0.6 is 0 Å². The minimum atomic E-state index is -0.633. The molecule has 1 fully saturated rings. The van der Waals surface area contributed by atoms with Crippen LogP contribution in [0.1, 0.15) is 68.4 Å². The van der Waals surface area contributed by atoms with Crippen LogP contribution in [0, 0.1) is 5.92 Å². The SMILES string of the molecule is CC1=NC2=C(C(=O)C[C@H](c3ccccc3)C2)[C@@H](c2ccc(O)cc2)C1C(=O)OC1CCCC1. The number of carbonyl (C=O) groups is 2. The van der Waals surface area contributed by atoms with Gasteiger partial charge in [0.2, 0.25) is 0 Å². The number of esters is 1. The Morgan fingerprint density at radius 3 is 2.36 bits per heavy atom.